The van der Waals surface area contributed by atoms with E-state index in [0.29, 0.717) is 6.29 Å². The molecule has 1 aromatic heterocycles. The van der Waals surface area contributed by atoms with Gasteiger partial charge >= 0.3 is 0 Å². The van der Waals surface area contributed by atoms with Gasteiger partial charge in [0.05, 0.1) is 24.1 Å². The lowest BCUT2D eigenvalue weighted by Gasteiger charge is -2.18. The Bertz CT molecular complexity index is 374. The van der Waals surface area contributed by atoms with Gasteiger partial charge in [0.25, 0.3) is 0 Å². The Balaban J connectivity index is 2.64. The van der Waals surface area contributed by atoms with Gasteiger partial charge in [-0.05, 0) is 12.1 Å². The number of nitrogens with zero attached hydrogens (tertiary/aromatic N) is 2. The predicted molar refractivity (Wildman–Crippen MR) is 59.0 cm³/mol. The van der Waals surface area contributed by atoms with Crippen LogP contribution in [-0.2, 0) is 4.79 Å². The molecule has 0 saturated carbocycles. The van der Waals surface area contributed by atoms with Crippen molar-refractivity contribution in [3.05, 3.63) is 24.5 Å². The van der Waals surface area contributed by atoms with Crippen LogP contribution in [0.2, 0.25) is 0 Å². The van der Waals surface area contributed by atoms with E-state index >= 15 is 0 Å². The van der Waals surface area contributed by atoms with E-state index in [1.807, 2.05) is 6.07 Å². The maximum absolute atomic E-state index is 10.3. The van der Waals surface area contributed by atoms with E-state index in [9.17, 15) is 4.79 Å². The predicted octanol–water partition coefficient (Wildman–Crippen LogP) is 0.756. The van der Waals surface area contributed by atoms with Crippen molar-refractivity contribution in [1.82, 2.24) is 4.98 Å². The Morgan fingerprint density at radius 1 is 1.60 bits per heavy atom. The largest absolute Gasteiger partial charge is 0.367 e. The third-order valence-electron chi connectivity index (χ3n) is 1.92. The molecule has 1 rings (SSSR count). The highest BCUT2D eigenvalue weighted by Crippen LogP contribution is 2.08. The summed E-state index contributed by atoms with van der Waals surface area (Å²) in [6, 6.07) is 3.64. The molecule has 0 fully saturated rings. The summed E-state index contributed by atoms with van der Waals surface area (Å²) in [4.78, 5) is 16.0. The van der Waals surface area contributed by atoms with Gasteiger partial charge in [0, 0.05) is 13.2 Å². The molecule has 0 unspecified atom stereocenters. The van der Waals surface area contributed by atoms with Crippen LogP contribution in [0.5, 0.6) is 0 Å². The van der Waals surface area contributed by atoms with E-state index in [4.69, 9.17) is 10.8 Å². The zero-order chi connectivity index (χ0) is 11.3. The molecular weight excluding hydrogens is 192 g/mol. The van der Waals surface area contributed by atoms with Gasteiger partial charge in [-0.1, -0.05) is 0 Å². The number of pyridine rings is 1. The molecule has 15 heavy (non-hydrogen) atoms. The van der Waals surface area contributed by atoms with Crippen molar-refractivity contribution >= 4 is 23.4 Å². The lowest BCUT2D eigenvalue weighted by Crippen LogP contribution is -2.30. The third kappa shape index (κ3) is 2.98. The maximum Gasteiger partial charge on any atom is 0.169 e. The number of rotatable bonds is 5. The lowest BCUT2D eigenvalue weighted by atomic mass is 10.2. The van der Waals surface area contributed by atoms with Crippen molar-refractivity contribution in [3.8, 4) is 0 Å². The molecular formula is C10H12N4O. The summed E-state index contributed by atoms with van der Waals surface area (Å²) in [6.07, 6.45) is 3.70. The van der Waals surface area contributed by atoms with Gasteiger partial charge in [0.1, 0.15) is 5.71 Å². The van der Waals surface area contributed by atoms with Crippen LogP contribution in [-0.4, -0.2) is 36.3 Å². The van der Waals surface area contributed by atoms with Crippen LogP contribution in [0, 0.1) is 10.8 Å². The molecule has 2 N–H and O–H groups in total. The quantitative estimate of drug-likeness (QED) is 0.548. The summed E-state index contributed by atoms with van der Waals surface area (Å²) in [6.45, 7) is 0.225. The molecule has 1 aromatic rings. The zero-order valence-electron chi connectivity index (χ0n) is 8.40. The molecule has 1 heterocycles. The first kappa shape index (κ1) is 11.0. The van der Waals surface area contributed by atoms with E-state index in [0.717, 1.165) is 5.69 Å². The van der Waals surface area contributed by atoms with Gasteiger partial charge in [-0.2, -0.15) is 0 Å². The van der Waals surface area contributed by atoms with Crippen molar-refractivity contribution in [2.45, 2.75) is 0 Å². The Kier molecular flexibility index (Phi) is 3.68. The Labute approximate surface area is 87.8 Å². The SMILES string of the molecule is CN(CC(=N)C(=N)C=O)c1cccnc1. The van der Waals surface area contributed by atoms with E-state index in [1.165, 1.54) is 0 Å². The fourth-order valence-corrected chi connectivity index (χ4v) is 1.06. The van der Waals surface area contributed by atoms with Gasteiger partial charge in [-0.3, -0.25) is 15.2 Å². The highest BCUT2D eigenvalue weighted by atomic mass is 16.1. The summed E-state index contributed by atoms with van der Waals surface area (Å²) < 4.78 is 0. The second-order valence-electron chi connectivity index (χ2n) is 3.08. The summed E-state index contributed by atoms with van der Waals surface area (Å²) in [5.74, 6) is 0. The Hall–Kier alpha value is -2.04. The van der Waals surface area contributed by atoms with Crippen LogP contribution < -0.4 is 4.90 Å². The van der Waals surface area contributed by atoms with Crippen LogP contribution in [0.4, 0.5) is 5.69 Å². The Morgan fingerprint density at radius 2 is 2.33 bits per heavy atom. The van der Waals surface area contributed by atoms with Crippen molar-refractivity contribution in [2.24, 2.45) is 0 Å². The molecule has 0 saturated heterocycles. The van der Waals surface area contributed by atoms with Gasteiger partial charge in [0.2, 0.25) is 0 Å². The van der Waals surface area contributed by atoms with E-state index < -0.39 is 0 Å². The molecule has 0 amide bonds. The second kappa shape index (κ2) is 4.99. The molecule has 0 aliphatic rings. The molecule has 0 aliphatic heterocycles. The molecule has 0 spiro atoms. The fourth-order valence-electron chi connectivity index (χ4n) is 1.06. The van der Waals surface area contributed by atoms with Crippen molar-refractivity contribution < 1.29 is 4.79 Å². The minimum Gasteiger partial charge on any atom is -0.367 e. The van der Waals surface area contributed by atoms with Gasteiger partial charge < -0.3 is 10.3 Å². The number of hydrogen-bond donors (Lipinski definition) is 2. The van der Waals surface area contributed by atoms with Crippen LogP contribution in [0.3, 0.4) is 0 Å². The second-order valence-corrected chi connectivity index (χ2v) is 3.08. The van der Waals surface area contributed by atoms with Crippen LogP contribution in [0.25, 0.3) is 0 Å². The monoisotopic (exact) mass is 204 g/mol. The highest BCUT2D eigenvalue weighted by molar-refractivity contribution is 6.60. The topological polar surface area (TPSA) is 80.9 Å². The molecule has 5 heteroatoms. The molecule has 0 aliphatic carbocycles. The summed E-state index contributed by atoms with van der Waals surface area (Å²) in [5, 5.41) is 14.6. The first-order chi connectivity index (χ1) is 7.15. The molecule has 5 nitrogen and oxygen atoms in total. The number of nitrogens with one attached hydrogen (secondary N) is 2. The van der Waals surface area contributed by atoms with Crippen LogP contribution >= 0.6 is 0 Å². The third-order valence-corrected chi connectivity index (χ3v) is 1.92. The van der Waals surface area contributed by atoms with Gasteiger partial charge in [-0.25, -0.2) is 0 Å². The normalized spacial score (nSPS) is 9.40. The zero-order valence-corrected chi connectivity index (χ0v) is 8.40. The van der Waals surface area contributed by atoms with Crippen molar-refractivity contribution in [1.29, 1.82) is 10.8 Å². The summed E-state index contributed by atoms with van der Waals surface area (Å²) in [5.41, 5.74) is 0.558. The van der Waals surface area contributed by atoms with Gasteiger partial charge in [-0.15, -0.1) is 0 Å². The summed E-state index contributed by atoms with van der Waals surface area (Å²) in [7, 11) is 1.78. The number of anilines is 1. The minimum atomic E-state index is -0.286. The number of aromatic nitrogens is 1. The van der Waals surface area contributed by atoms with Crippen LogP contribution in [0.15, 0.2) is 24.5 Å². The lowest BCUT2D eigenvalue weighted by molar-refractivity contribution is -0.102. The minimum absolute atomic E-state index is 0.00338. The average Bonchev–Trinajstić information content (AvgIpc) is 2.29. The number of hydrogen-bond acceptors (Lipinski definition) is 5. The van der Waals surface area contributed by atoms with Crippen molar-refractivity contribution in [2.75, 3.05) is 18.5 Å². The van der Waals surface area contributed by atoms with Crippen molar-refractivity contribution in [3.63, 3.8) is 0 Å². The highest BCUT2D eigenvalue weighted by Gasteiger charge is 2.07. The van der Waals surface area contributed by atoms with E-state index in [2.05, 4.69) is 4.98 Å². The first-order valence-corrected chi connectivity index (χ1v) is 4.38. The molecule has 0 aromatic carbocycles. The molecule has 0 bridgehead atoms. The van der Waals surface area contributed by atoms with E-state index in [-0.39, 0.29) is 18.0 Å². The Morgan fingerprint density at radius 3 is 2.87 bits per heavy atom. The van der Waals surface area contributed by atoms with Gasteiger partial charge in [0.15, 0.2) is 6.29 Å². The molecule has 78 valence electrons. The average molecular weight is 204 g/mol. The van der Waals surface area contributed by atoms with Crippen LogP contribution in [0.1, 0.15) is 0 Å². The van der Waals surface area contributed by atoms with E-state index in [1.54, 1.807) is 30.4 Å². The first-order valence-electron chi connectivity index (χ1n) is 4.38. The molecule has 0 atom stereocenters. The standard InChI is InChI=1S/C10H12N4O/c1-14(6-9(11)10(12)7-15)8-3-2-4-13-5-8/h2-5,7,11-12H,6H2,1H3. The number of aldehydes is 1. The maximum atomic E-state index is 10.3. The fraction of sp³-hybridized carbons (Fsp3) is 0.200. The smallest absolute Gasteiger partial charge is 0.169 e. The molecule has 0 radical (unpaired) electrons. The number of carbonyl (C=O) groups is 1. The summed E-state index contributed by atoms with van der Waals surface area (Å²) >= 11 is 0. The number of carbonyl (C=O) groups excluding carboxylic acids is 1.